The topological polar surface area (TPSA) is 204 Å². The van der Waals surface area contributed by atoms with E-state index in [1.165, 1.54) is 0 Å². The van der Waals surface area contributed by atoms with Crippen LogP contribution in [-0.2, 0) is 30.4 Å². The van der Waals surface area contributed by atoms with Crippen molar-refractivity contribution in [2.45, 2.75) is 0 Å². The molecule has 0 aromatic carbocycles. The second-order valence-corrected chi connectivity index (χ2v) is 6.91. The minimum atomic E-state index is -3.67. The van der Waals surface area contributed by atoms with Gasteiger partial charge in [-0.05, 0) is 0 Å². The van der Waals surface area contributed by atoms with Gasteiger partial charge in [-0.1, -0.05) is 0 Å². The van der Waals surface area contributed by atoms with Crippen LogP contribution < -0.4 is 18.9 Å². The van der Waals surface area contributed by atoms with E-state index in [2.05, 4.69) is 0 Å². The predicted octanol–water partition coefficient (Wildman–Crippen LogP) is -5.45. The molecule has 0 aromatic heterocycles. The van der Waals surface area contributed by atoms with Crippen LogP contribution in [0.5, 0.6) is 0 Å². The van der Waals surface area contributed by atoms with Gasteiger partial charge in [-0.3, -0.25) is 18.0 Å². The Labute approximate surface area is 130 Å². The Kier molecular flexibility index (Phi) is 22.9. The maximum atomic E-state index is 10.1. The summed E-state index contributed by atoms with van der Waals surface area (Å²) in [4.78, 5) is 0. The Morgan fingerprint density at radius 2 is 0.750 bits per heavy atom. The number of halogens is 1. The maximum absolute atomic E-state index is 10.1. The van der Waals surface area contributed by atoms with Crippen molar-refractivity contribution < 1.29 is 73.6 Å². The third kappa shape index (κ3) is 92300. The van der Waals surface area contributed by atoms with Crippen molar-refractivity contribution in [3.05, 3.63) is 0 Å². The molecule has 0 aliphatic rings. The van der Waals surface area contributed by atoms with Gasteiger partial charge in [0.15, 0.2) is 0 Å². The Morgan fingerprint density at radius 3 is 0.750 bits per heavy atom. The van der Waals surface area contributed by atoms with E-state index in [4.69, 9.17) is 23.7 Å². The van der Waals surface area contributed by atoms with E-state index >= 15 is 0 Å². The summed E-state index contributed by atoms with van der Waals surface area (Å²) in [6.45, 7) is 0. The fourth-order valence-electron chi connectivity index (χ4n) is 0. The molecule has 0 aliphatic heterocycles. The summed E-state index contributed by atoms with van der Waals surface area (Å²) >= 11 is 0. The van der Waals surface area contributed by atoms with Crippen LogP contribution in [0.4, 0.5) is 4.32 Å². The van der Waals surface area contributed by atoms with Crippen LogP contribution in [0.3, 0.4) is 0 Å². The summed E-state index contributed by atoms with van der Waals surface area (Å²) in [7, 11) is -13.7. The Bertz CT molecular complexity index is 403. The molecule has 20 heavy (non-hydrogen) atoms. The standard InChI is InChI=1S/3CH4O3S.BFH2O2.Li.H/c3*1-5(2,3)4;2-1(3)4;;/h3*1H3,(H,2,3,4);3-4H;;/q;;;;+1;-1. The van der Waals surface area contributed by atoms with E-state index in [9.17, 15) is 29.6 Å². The molecule has 0 amide bonds. The van der Waals surface area contributed by atoms with Crippen molar-refractivity contribution in [2.75, 3.05) is 18.8 Å². The zero-order valence-corrected chi connectivity index (χ0v) is 13.3. The van der Waals surface area contributed by atoms with Crippen LogP contribution in [0, 0.1) is 0 Å². The fourth-order valence-corrected chi connectivity index (χ4v) is 0. The van der Waals surface area contributed by atoms with E-state index in [1.807, 2.05) is 0 Å². The van der Waals surface area contributed by atoms with Gasteiger partial charge in [-0.2, -0.15) is 25.3 Å². The Morgan fingerprint density at radius 1 is 0.750 bits per heavy atom. The second-order valence-electron chi connectivity index (χ2n) is 2.51. The van der Waals surface area contributed by atoms with Gasteiger partial charge in [-0.25, -0.2) is 0 Å². The van der Waals surface area contributed by atoms with E-state index in [0.29, 0.717) is 18.8 Å². The molecular weight excluding hydrogens is 345 g/mol. The van der Waals surface area contributed by atoms with E-state index in [0.717, 1.165) is 0 Å². The van der Waals surface area contributed by atoms with Crippen molar-refractivity contribution in [1.29, 1.82) is 0 Å². The molecule has 17 heteroatoms. The van der Waals surface area contributed by atoms with Crippen LogP contribution in [0.25, 0.3) is 0 Å². The van der Waals surface area contributed by atoms with Gasteiger partial charge < -0.3 is 11.5 Å². The van der Waals surface area contributed by atoms with Gasteiger partial charge in [0.2, 0.25) is 0 Å². The summed E-state index contributed by atoms with van der Waals surface area (Å²) < 4.78 is 87.7. The predicted molar refractivity (Wildman–Crippen MR) is 64.8 cm³/mol. The van der Waals surface area contributed by atoms with Crippen LogP contribution in [-0.4, -0.2) is 75.1 Å². The molecule has 0 saturated heterocycles. The van der Waals surface area contributed by atoms with E-state index in [1.54, 1.807) is 0 Å². The summed E-state index contributed by atoms with van der Waals surface area (Å²) in [6.07, 6.45) is 2.15. The Balaban J connectivity index is -0.0000000347. The molecule has 0 rings (SSSR count). The molecular formula is C3H15BFLiO11S3. The third-order valence-corrected chi connectivity index (χ3v) is 0. The van der Waals surface area contributed by atoms with Crippen molar-refractivity contribution in [3.8, 4) is 0 Å². The SMILES string of the molecule is CS(=O)(=O)O.CS(=O)(=O)O.CS(=O)(=O)O.OB(O)F.[H-].[Li+]. The first-order valence-corrected chi connectivity index (χ1v) is 9.05. The van der Waals surface area contributed by atoms with Crippen molar-refractivity contribution in [1.82, 2.24) is 0 Å². The maximum Gasteiger partial charge on any atom is 1.00 e. The van der Waals surface area contributed by atoms with Crippen LogP contribution in [0.2, 0.25) is 0 Å². The zero-order valence-electron chi connectivity index (χ0n) is 11.9. The van der Waals surface area contributed by atoms with Gasteiger partial charge in [0.05, 0.1) is 18.8 Å². The first-order valence-electron chi connectivity index (χ1n) is 3.51. The van der Waals surface area contributed by atoms with Gasteiger partial charge >= 0.3 is 26.3 Å². The molecule has 0 saturated carbocycles. The van der Waals surface area contributed by atoms with Crippen molar-refractivity contribution in [2.24, 2.45) is 0 Å². The average Bonchev–Trinajstić information content (AvgIpc) is 1.66. The monoisotopic (exact) mass is 360 g/mol. The quantitative estimate of drug-likeness (QED) is 0.204. The largest absolute Gasteiger partial charge is 1.00 e. The number of rotatable bonds is 0. The fraction of sp³-hybridized carbons (Fsp3) is 1.00. The molecule has 0 unspecified atom stereocenters. The smallest absolute Gasteiger partial charge is 1.00 e. The minimum Gasteiger partial charge on any atom is -1.00 e. The van der Waals surface area contributed by atoms with Gasteiger partial charge in [0, 0.05) is 0 Å². The number of hydrogen-bond donors (Lipinski definition) is 5. The molecule has 5 N–H and O–H groups in total. The van der Waals surface area contributed by atoms with Gasteiger partial charge in [0.25, 0.3) is 30.4 Å². The van der Waals surface area contributed by atoms with Crippen molar-refractivity contribution >= 4 is 37.7 Å². The molecule has 0 bridgehead atoms. The molecule has 0 atom stereocenters. The van der Waals surface area contributed by atoms with Gasteiger partial charge in [0.1, 0.15) is 0 Å². The molecule has 0 aromatic rings. The van der Waals surface area contributed by atoms with Crippen LogP contribution in [0.1, 0.15) is 1.43 Å². The molecule has 0 radical (unpaired) electrons. The summed E-state index contributed by atoms with van der Waals surface area (Å²) in [5.74, 6) is 0. The van der Waals surface area contributed by atoms with Crippen LogP contribution >= 0.6 is 0 Å². The molecule has 0 spiro atoms. The molecule has 0 aliphatic carbocycles. The summed E-state index contributed by atoms with van der Waals surface area (Å²) in [5, 5.41) is 13.9. The molecule has 11 nitrogen and oxygen atoms in total. The summed E-state index contributed by atoms with van der Waals surface area (Å²) in [6, 6.07) is 0. The normalized spacial score (nSPS) is 10.1. The summed E-state index contributed by atoms with van der Waals surface area (Å²) in [5.41, 5.74) is 0. The average molecular weight is 360 g/mol. The molecule has 122 valence electrons. The second kappa shape index (κ2) is 14.2. The van der Waals surface area contributed by atoms with E-state index in [-0.39, 0.29) is 20.3 Å². The van der Waals surface area contributed by atoms with Crippen LogP contribution in [0.15, 0.2) is 0 Å². The zero-order chi connectivity index (χ0) is 17.1. The molecule has 0 heterocycles. The Hall–Kier alpha value is 0.242. The number of hydrogen-bond acceptors (Lipinski definition) is 8. The molecule has 0 fully saturated rings. The first kappa shape index (κ1) is 32.3. The van der Waals surface area contributed by atoms with E-state index < -0.39 is 37.7 Å². The third-order valence-electron chi connectivity index (χ3n) is 0. The first-order chi connectivity index (χ1) is 7.73. The van der Waals surface area contributed by atoms with Crippen molar-refractivity contribution in [3.63, 3.8) is 0 Å². The minimum absolute atomic E-state index is 0. The van der Waals surface area contributed by atoms with Gasteiger partial charge in [-0.15, -0.1) is 0 Å².